The molecule has 0 atom stereocenters. The van der Waals surface area contributed by atoms with Gasteiger partial charge in [0.1, 0.15) is 4.77 Å². The molecular formula is C22H19ClNO2P. The molecule has 1 N–H and O–H groups in total. The first-order chi connectivity index (χ1) is 13.0. The second-order valence-corrected chi connectivity index (χ2v) is 9.36. The number of allylic oxidation sites excluding steroid dienone is 1. The molecule has 0 fully saturated rings. The van der Waals surface area contributed by atoms with E-state index in [4.69, 9.17) is 11.6 Å². The maximum absolute atomic E-state index is 14.1. The number of hydrogen-bond donors (Lipinski definition) is 1. The highest BCUT2D eigenvalue weighted by Crippen LogP contribution is 2.54. The lowest BCUT2D eigenvalue weighted by atomic mass is 10.2. The number of rotatable bonds is 5. The van der Waals surface area contributed by atoms with Crippen LogP contribution in [-0.2, 0) is 4.57 Å². The summed E-state index contributed by atoms with van der Waals surface area (Å²) in [5.41, 5.74) is 0.886. The summed E-state index contributed by atoms with van der Waals surface area (Å²) < 4.78 is 14.3. The minimum Gasteiger partial charge on any atom is -0.324 e. The van der Waals surface area contributed by atoms with Gasteiger partial charge in [-0.15, -0.1) is 0 Å². The number of nitrogens with one attached hydrogen (secondary N) is 1. The molecule has 3 rings (SSSR count). The molecule has 27 heavy (non-hydrogen) atoms. The fourth-order valence-electron chi connectivity index (χ4n) is 2.77. The van der Waals surface area contributed by atoms with Crippen molar-refractivity contribution in [3.63, 3.8) is 0 Å². The van der Waals surface area contributed by atoms with Crippen LogP contribution in [-0.4, -0.2) is 5.91 Å². The first-order valence-electron chi connectivity index (χ1n) is 8.48. The molecular weight excluding hydrogens is 377 g/mol. The van der Waals surface area contributed by atoms with Gasteiger partial charge in [0.05, 0.1) is 0 Å². The molecule has 0 radical (unpaired) electrons. The first kappa shape index (κ1) is 19.2. The van der Waals surface area contributed by atoms with E-state index in [0.29, 0.717) is 21.9 Å². The van der Waals surface area contributed by atoms with Gasteiger partial charge in [0.2, 0.25) is 0 Å². The molecule has 3 nitrogen and oxygen atoms in total. The van der Waals surface area contributed by atoms with E-state index in [2.05, 4.69) is 5.32 Å². The van der Waals surface area contributed by atoms with Crippen LogP contribution in [0.15, 0.2) is 101 Å². The zero-order chi connectivity index (χ0) is 19.3. The fraction of sp³-hybridized carbons (Fsp3) is 0.0455. The third kappa shape index (κ3) is 4.05. The van der Waals surface area contributed by atoms with E-state index >= 15 is 0 Å². The quantitative estimate of drug-likeness (QED) is 0.627. The summed E-state index contributed by atoms with van der Waals surface area (Å²) >= 11 is 6.64. The molecule has 0 heterocycles. The Morgan fingerprint density at radius 2 is 1.19 bits per heavy atom. The minimum absolute atomic E-state index is 0.143. The molecule has 0 aliphatic heterocycles. The fourth-order valence-corrected chi connectivity index (χ4v) is 5.87. The summed E-state index contributed by atoms with van der Waals surface area (Å²) in [6.45, 7) is 1.67. The maximum atomic E-state index is 14.1. The number of amides is 1. The van der Waals surface area contributed by atoms with Gasteiger partial charge < -0.3 is 9.88 Å². The average Bonchev–Trinajstić information content (AvgIpc) is 2.74. The predicted molar refractivity (Wildman–Crippen MR) is 112 cm³/mol. The largest absolute Gasteiger partial charge is 0.324 e. The number of carbonyl (C=O) groups is 1. The molecule has 3 aromatic carbocycles. The van der Waals surface area contributed by atoms with Crippen molar-refractivity contribution >= 4 is 35.3 Å². The molecule has 1 amide bonds. The SMILES string of the molecule is C/C(NC(=O)c1ccccc1)=C(/Cl)P(=O)(c1ccccc1)c1ccccc1. The van der Waals surface area contributed by atoms with Gasteiger partial charge in [0.15, 0.2) is 7.14 Å². The molecule has 0 bridgehead atoms. The van der Waals surface area contributed by atoms with E-state index in [-0.39, 0.29) is 10.7 Å². The zero-order valence-electron chi connectivity index (χ0n) is 14.8. The van der Waals surface area contributed by atoms with Crippen LogP contribution in [0.3, 0.4) is 0 Å². The monoisotopic (exact) mass is 395 g/mol. The number of benzene rings is 3. The number of carbonyl (C=O) groups excluding carboxylic acids is 1. The van der Waals surface area contributed by atoms with Crippen LogP contribution in [0.4, 0.5) is 0 Å². The smallest absolute Gasteiger partial charge is 0.255 e. The van der Waals surface area contributed by atoms with Gasteiger partial charge in [-0.05, 0) is 19.1 Å². The second-order valence-electron chi connectivity index (χ2n) is 6.02. The van der Waals surface area contributed by atoms with Crippen LogP contribution in [0.5, 0.6) is 0 Å². The van der Waals surface area contributed by atoms with Gasteiger partial charge in [0.25, 0.3) is 5.91 Å². The Balaban J connectivity index is 2.05. The molecule has 5 heteroatoms. The highest BCUT2D eigenvalue weighted by atomic mass is 35.5. The molecule has 0 saturated heterocycles. The van der Waals surface area contributed by atoms with E-state index in [1.165, 1.54) is 0 Å². The lowest BCUT2D eigenvalue weighted by Gasteiger charge is -2.21. The summed E-state index contributed by atoms with van der Waals surface area (Å²) in [7, 11) is -3.29. The van der Waals surface area contributed by atoms with E-state index in [1.54, 1.807) is 55.5 Å². The molecule has 0 spiro atoms. The van der Waals surface area contributed by atoms with Crippen molar-refractivity contribution in [1.82, 2.24) is 5.32 Å². The normalized spacial score (nSPS) is 12.2. The zero-order valence-corrected chi connectivity index (χ0v) is 16.5. The van der Waals surface area contributed by atoms with E-state index < -0.39 is 7.14 Å². The van der Waals surface area contributed by atoms with Gasteiger partial charge in [-0.3, -0.25) is 4.79 Å². The van der Waals surface area contributed by atoms with Crippen molar-refractivity contribution in [2.24, 2.45) is 0 Å². The lowest BCUT2D eigenvalue weighted by Crippen LogP contribution is -2.24. The molecule has 0 aliphatic rings. The lowest BCUT2D eigenvalue weighted by molar-refractivity contribution is 0.0966. The topological polar surface area (TPSA) is 46.2 Å². The van der Waals surface area contributed by atoms with Crippen molar-refractivity contribution in [3.05, 3.63) is 107 Å². The summed E-state index contributed by atoms with van der Waals surface area (Å²) in [6.07, 6.45) is 0. The molecule has 136 valence electrons. The van der Waals surface area contributed by atoms with E-state index in [9.17, 15) is 9.36 Å². The Kier molecular flexibility index (Phi) is 5.95. The van der Waals surface area contributed by atoms with Crippen molar-refractivity contribution in [2.45, 2.75) is 6.92 Å². The third-order valence-electron chi connectivity index (χ3n) is 4.16. The minimum atomic E-state index is -3.29. The highest BCUT2D eigenvalue weighted by molar-refractivity contribution is 7.84. The Hall–Kier alpha value is -2.61. The summed E-state index contributed by atoms with van der Waals surface area (Å²) in [5, 5.41) is 4.02. The van der Waals surface area contributed by atoms with E-state index in [1.807, 2.05) is 42.5 Å². The van der Waals surface area contributed by atoms with Crippen molar-refractivity contribution < 1.29 is 9.36 Å². The summed E-state index contributed by atoms with van der Waals surface area (Å²) in [5.74, 6) is -0.293. The molecule has 3 aromatic rings. The van der Waals surface area contributed by atoms with Gasteiger partial charge >= 0.3 is 0 Å². The predicted octanol–water partition coefficient (Wildman–Crippen LogP) is 4.86. The summed E-state index contributed by atoms with van der Waals surface area (Å²) in [6, 6.07) is 27.0. The Bertz CT molecular complexity index is 959. The van der Waals surface area contributed by atoms with Gasteiger partial charge in [-0.25, -0.2) is 0 Å². The molecule has 0 aromatic heterocycles. The van der Waals surface area contributed by atoms with Crippen molar-refractivity contribution in [3.8, 4) is 0 Å². The van der Waals surface area contributed by atoms with Crippen LogP contribution in [0, 0.1) is 0 Å². The van der Waals surface area contributed by atoms with Crippen LogP contribution in [0.25, 0.3) is 0 Å². The van der Waals surface area contributed by atoms with Crippen LogP contribution >= 0.6 is 18.7 Å². The number of hydrogen-bond acceptors (Lipinski definition) is 2. The van der Waals surface area contributed by atoms with Crippen LogP contribution in [0.1, 0.15) is 17.3 Å². The molecule has 0 aliphatic carbocycles. The van der Waals surface area contributed by atoms with Crippen molar-refractivity contribution in [1.29, 1.82) is 0 Å². The Morgan fingerprint density at radius 1 is 0.778 bits per heavy atom. The first-order valence-corrected chi connectivity index (χ1v) is 10.6. The second kappa shape index (κ2) is 8.39. The van der Waals surface area contributed by atoms with E-state index in [0.717, 1.165) is 0 Å². The Morgan fingerprint density at radius 3 is 1.63 bits per heavy atom. The Labute approximate surface area is 164 Å². The third-order valence-corrected chi connectivity index (χ3v) is 8.10. The van der Waals surface area contributed by atoms with Gasteiger partial charge in [-0.2, -0.15) is 0 Å². The average molecular weight is 396 g/mol. The van der Waals surface area contributed by atoms with Crippen molar-refractivity contribution in [2.75, 3.05) is 0 Å². The standard InChI is InChI=1S/C22H19ClNO2P/c1-17(24-22(25)18-11-5-2-6-12-18)21(23)27(26,19-13-7-3-8-14-19)20-15-9-4-10-16-20/h2-16H,1H3,(H,24,25)/b21-17+. The highest BCUT2D eigenvalue weighted by Gasteiger charge is 2.32. The van der Waals surface area contributed by atoms with Gasteiger partial charge in [-0.1, -0.05) is 90.5 Å². The van der Waals surface area contributed by atoms with Gasteiger partial charge in [0, 0.05) is 21.9 Å². The molecule has 0 saturated carbocycles. The maximum Gasteiger partial charge on any atom is 0.255 e. The molecule has 0 unspecified atom stereocenters. The van der Waals surface area contributed by atoms with Crippen LogP contribution in [0.2, 0.25) is 0 Å². The number of halogens is 1. The summed E-state index contributed by atoms with van der Waals surface area (Å²) in [4.78, 5) is 12.5. The van der Waals surface area contributed by atoms with Crippen LogP contribution < -0.4 is 15.9 Å².